The van der Waals surface area contributed by atoms with Crippen LogP contribution >= 0.6 is 11.6 Å². The zero-order valence-electron chi connectivity index (χ0n) is 28.5. The van der Waals surface area contributed by atoms with Crippen LogP contribution in [0.3, 0.4) is 0 Å². The lowest BCUT2D eigenvalue weighted by Crippen LogP contribution is -2.44. The first kappa shape index (κ1) is 35.6. The van der Waals surface area contributed by atoms with Gasteiger partial charge >= 0.3 is 12.2 Å². The third-order valence-corrected chi connectivity index (χ3v) is 9.31. The molecule has 3 heterocycles. The number of likely N-dealkylation sites (tertiary alicyclic amines) is 2. The van der Waals surface area contributed by atoms with Crippen LogP contribution in [-0.4, -0.2) is 87.6 Å². The van der Waals surface area contributed by atoms with Gasteiger partial charge in [-0.05, 0) is 108 Å². The second-order valence-electron chi connectivity index (χ2n) is 13.9. The van der Waals surface area contributed by atoms with Crippen LogP contribution in [-0.2, 0) is 17.9 Å². The topological polar surface area (TPSA) is 118 Å². The molecule has 2 amide bonds. The van der Waals surface area contributed by atoms with Crippen molar-refractivity contribution >= 4 is 34.8 Å². The number of nitrogens with one attached hydrogen (secondary N) is 1. The second-order valence-corrected chi connectivity index (χ2v) is 14.3. The fourth-order valence-corrected chi connectivity index (χ4v) is 6.66. The van der Waals surface area contributed by atoms with E-state index in [1.165, 1.54) is 0 Å². The third-order valence-electron chi connectivity index (χ3n) is 9.05. The van der Waals surface area contributed by atoms with Crippen LogP contribution in [0.25, 0.3) is 11.0 Å². The van der Waals surface area contributed by atoms with Crippen LogP contribution in [0.4, 0.5) is 9.59 Å². The SMILES string of the molecule is CC(C)(C)OC(=O)N1CCC(CCCn2c(COc3ccc(Cl)cc3)nc3c(OCCCN4CCC(NC(=O)O)CC4)cccc32)CC1. The molecule has 262 valence electrons. The molecule has 0 bridgehead atoms. The van der Waals surface area contributed by atoms with Crippen molar-refractivity contribution in [3.63, 3.8) is 0 Å². The van der Waals surface area contributed by atoms with Crippen molar-refractivity contribution in [2.75, 3.05) is 39.3 Å². The number of aryl methyl sites for hydroxylation is 1. The smallest absolute Gasteiger partial charge is 0.410 e. The Morgan fingerprint density at radius 2 is 1.69 bits per heavy atom. The molecule has 0 spiro atoms. The Labute approximate surface area is 288 Å². The van der Waals surface area contributed by atoms with E-state index in [-0.39, 0.29) is 12.1 Å². The number of piperidine rings is 2. The molecule has 2 aliphatic heterocycles. The summed E-state index contributed by atoms with van der Waals surface area (Å²) in [5, 5.41) is 12.2. The number of carbonyl (C=O) groups is 2. The average molecular weight is 684 g/mol. The second kappa shape index (κ2) is 16.6. The number of rotatable bonds is 13. The Balaban J connectivity index is 1.18. The molecular formula is C36H50ClN5O6. The van der Waals surface area contributed by atoms with E-state index < -0.39 is 11.7 Å². The summed E-state index contributed by atoms with van der Waals surface area (Å²) in [5.41, 5.74) is 1.37. The van der Waals surface area contributed by atoms with Gasteiger partial charge in [-0.25, -0.2) is 14.6 Å². The average Bonchev–Trinajstić information content (AvgIpc) is 3.41. The highest BCUT2D eigenvalue weighted by atomic mass is 35.5. The number of hydrogen-bond donors (Lipinski definition) is 2. The molecule has 1 aromatic heterocycles. The number of para-hydroxylation sites is 1. The van der Waals surface area contributed by atoms with Gasteiger partial charge in [0.25, 0.3) is 0 Å². The molecule has 0 atom stereocenters. The number of carboxylic acid groups (broad SMARTS) is 1. The normalized spacial score (nSPS) is 16.6. The number of benzene rings is 2. The molecule has 48 heavy (non-hydrogen) atoms. The summed E-state index contributed by atoms with van der Waals surface area (Å²) in [5.74, 6) is 2.89. The van der Waals surface area contributed by atoms with E-state index >= 15 is 0 Å². The van der Waals surface area contributed by atoms with Gasteiger partial charge in [0.05, 0.1) is 12.1 Å². The largest absolute Gasteiger partial charge is 0.491 e. The Morgan fingerprint density at radius 1 is 0.958 bits per heavy atom. The summed E-state index contributed by atoms with van der Waals surface area (Å²) < 4.78 is 20.3. The first-order valence-corrected chi connectivity index (χ1v) is 17.6. The van der Waals surface area contributed by atoms with Gasteiger partial charge < -0.3 is 39.0 Å². The molecule has 2 aromatic carbocycles. The van der Waals surface area contributed by atoms with Gasteiger partial charge in [-0.1, -0.05) is 17.7 Å². The van der Waals surface area contributed by atoms with Gasteiger partial charge in [0.2, 0.25) is 0 Å². The molecule has 0 saturated carbocycles. The highest BCUT2D eigenvalue weighted by Crippen LogP contribution is 2.29. The summed E-state index contributed by atoms with van der Waals surface area (Å²) in [4.78, 5) is 32.7. The van der Waals surface area contributed by atoms with Gasteiger partial charge in [0, 0.05) is 50.3 Å². The molecule has 3 aromatic rings. The van der Waals surface area contributed by atoms with Crippen molar-refractivity contribution in [1.29, 1.82) is 0 Å². The molecule has 0 aliphatic carbocycles. The van der Waals surface area contributed by atoms with Gasteiger partial charge in [0.15, 0.2) is 0 Å². The predicted octanol–water partition coefficient (Wildman–Crippen LogP) is 7.20. The first-order chi connectivity index (χ1) is 23.0. The summed E-state index contributed by atoms with van der Waals surface area (Å²) in [7, 11) is 0. The van der Waals surface area contributed by atoms with Gasteiger partial charge in [-0.15, -0.1) is 0 Å². The molecule has 0 radical (unpaired) electrons. The lowest BCUT2D eigenvalue weighted by Gasteiger charge is -2.33. The molecular weight excluding hydrogens is 634 g/mol. The zero-order chi connectivity index (χ0) is 34.1. The van der Waals surface area contributed by atoms with Crippen LogP contribution < -0.4 is 14.8 Å². The van der Waals surface area contributed by atoms with Gasteiger partial charge in [0.1, 0.15) is 35.0 Å². The minimum absolute atomic E-state index is 0.0396. The summed E-state index contributed by atoms with van der Waals surface area (Å²) in [6.07, 6.45) is 5.37. The molecule has 5 rings (SSSR count). The maximum absolute atomic E-state index is 12.5. The number of hydrogen-bond acceptors (Lipinski definition) is 7. The van der Waals surface area contributed by atoms with E-state index in [9.17, 15) is 9.59 Å². The first-order valence-electron chi connectivity index (χ1n) is 17.2. The fraction of sp³-hybridized carbons (Fsp3) is 0.583. The fourth-order valence-electron chi connectivity index (χ4n) is 6.54. The molecule has 12 heteroatoms. The van der Waals surface area contributed by atoms with Crippen molar-refractivity contribution in [1.82, 2.24) is 24.7 Å². The number of amides is 2. The monoisotopic (exact) mass is 683 g/mol. The van der Waals surface area contributed by atoms with Crippen LogP contribution in [0, 0.1) is 5.92 Å². The summed E-state index contributed by atoms with van der Waals surface area (Å²) in [6, 6.07) is 13.5. The summed E-state index contributed by atoms with van der Waals surface area (Å²) >= 11 is 6.08. The lowest BCUT2D eigenvalue weighted by atomic mass is 9.92. The van der Waals surface area contributed by atoms with Crippen LogP contribution in [0.5, 0.6) is 11.5 Å². The minimum Gasteiger partial charge on any atom is -0.491 e. The van der Waals surface area contributed by atoms with E-state index in [0.717, 1.165) is 113 Å². The van der Waals surface area contributed by atoms with Gasteiger partial charge in [-0.2, -0.15) is 0 Å². The highest BCUT2D eigenvalue weighted by Gasteiger charge is 2.27. The minimum atomic E-state index is -0.949. The van der Waals surface area contributed by atoms with Crippen LogP contribution in [0.2, 0.25) is 5.02 Å². The van der Waals surface area contributed by atoms with E-state index in [1.54, 1.807) is 0 Å². The van der Waals surface area contributed by atoms with Crippen LogP contribution in [0.1, 0.15) is 71.5 Å². The molecule has 2 N–H and O–H groups in total. The summed E-state index contributed by atoms with van der Waals surface area (Å²) in [6.45, 7) is 11.5. The third kappa shape index (κ3) is 10.4. The lowest BCUT2D eigenvalue weighted by molar-refractivity contribution is 0.0180. The van der Waals surface area contributed by atoms with Gasteiger partial charge in [-0.3, -0.25) is 0 Å². The Morgan fingerprint density at radius 3 is 2.38 bits per heavy atom. The number of aromatic nitrogens is 2. The van der Waals surface area contributed by atoms with Crippen molar-refractivity contribution in [3.8, 4) is 11.5 Å². The highest BCUT2D eigenvalue weighted by molar-refractivity contribution is 6.30. The quantitative estimate of drug-likeness (QED) is 0.182. The number of carbonyl (C=O) groups excluding carboxylic acids is 1. The maximum Gasteiger partial charge on any atom is 0.410 e. The van der Waals surface area contributed by atoms with E-state index in [1.807, 2.05) is 62.1 Å². The standard InChI is InChI=1S/C36H50ClN5O6/c1-36(2,3)48-35(45)41-22-14-26(15-23-41)7-5-19-42-30-8-4-9-31(33(30)39-32(42)25-47-29-12-10-27(37)11-13-29)46-24-6-18-40-20-16-28(17-21-40)38-34(43)44/h4,8-13,26,28,38H,5-7,14-25H2,1-3H3,(H,43,44). The number of fused-ring (bicyclic) bond motifs is 1. The number of halogens is 1. The Kier molecular flexibility index (Phi) is 12.3. The van der Waals surface area contributed by atoms with Crippen molar-refractivity contribution in [2.45, 2.75) is 90.5 Å². The maximum atomic E-state index is 12.5. The van der Waals surface area contributed by atoms with E-state index in [0.29, 0.717) is 24.2 Å². The predicted molar refractivity (Wildman–Crippen MR) is 186 cm³/mol. The Bertz CT molecular complexity index is 1490. The van der Waals surface area contributed by atoms with Crippen molar-refractivity contribution in [2.24, 2.45) is 5.92 Å². The number of nitrogens with zero attached hydrogens (tertiary/aromatic N) is 4. The molecule has 2 aliphatic rings. The van der Waals surface area contributed by atoms with Crippen LogP contribution in [0.15, 0.2) is 42.5 Å². The van der Waals surface area contributed by atoms with E-state index in [4.69, 9.17) is 35.9 Å². The molecule has 2 saturated heterocycles. The number of imidazole rings is 1. The molecule has 0 unspecified atom stereocenters. The molecule has 2 fully saturated rings. The molecule has 11 nitrogen and oxygen atoms in total. The Hall–Kier alpha value is -3.70. The van der Waals surface area contributed by atoms with Crippen molar-refractivity contribution < 1.29 is 28.9 Å². The zero-order valence-corrected chi connectivity index (χ0v) is 29.2. The van der Waals surface area contributed by atoms with E-state index in [2.05, 4.69) is 20.9 Å². The number of ether oxygens (including phenoxy) is 3. The van der Waals surface area contributed by atoms with Crippen molar-refractivity contribution in [3.05, 3.63) is 53.3 Å².